The van der Waals surface area contributed by atoms with Gasteiger partial charge in [-0.15, -0.1) is 11.6 Å². The van der Waals surface area contributed by atoms with Crippen molar-refractivity contribution in [3.05, 3.63) is 35.7 Å². The zero-order valence-electron chi connectivity index (χ0n) is 8.18. The molecule has 0 fully saturated rings. The van der Waals surface area contributed by atoms with Gasteiger partial charge < -0.3 is 10.3 Å². The summed E-state index contributed by atoms with van der Waals surface area (Å²) in [5.74, 6) is 0.380. The van der Waals surface area contributed by atoms with E-state index in [4.69, 9.17) is 21.9 Å². The Morgan fingerprint density at radius 3 is 2.94 bits per heavy atom. The fourth-order valence-corrected chi connectivity index (χ4v) is 1.35. The molecule has 2 N–H and O–H groups in total. The second-order valence-electron chi connectivity index (χ2n) is 3.09. The van der Waals surface area contributed by atoms with Crippen molar-refractivity contribution in [1.29, 1.82) is 0 Å². The largest absolute Gasteiger partial charge is 0.366 e. The van der Waals surface area contributed by atoms with Crippen LogP contribution < -0.4 is 5.73 Å². The van der Waals surface area contributed by atoms with E-state index in [0.717, 1.165) is 0 Å². The summed E-state index contributed by atoms with van der Waals surface area (Å²) in [6.45, 7) is 0. The first-order valence-electron chi connectivity index (χ1n) is 4.49. The summed E-state index contributed by atoms with van der Waals surface area (Å²) in [5, 5.41) is 3.74. The smallest absolute Gasteiger partial charge is 0.248 e. The maximum Gasteiger partial charge on any atom is 0.248 e. The summed E-state index contributed by atoms with van der Waals surface area (Å²) >= 11 is 5.54. The second-order valence-corrected chi connectivity index (χ2v) is 3.36. The Morgan fingerprint density at radius 1 is 1.50 bits per heavy atom. The Bertz CT molecular complexity index is 524. The van der Waals surface area contributed by atoms with E-state index in [2.05, 4.69) is 10.1 Å². The molecule has 1 aromatic heterocycles. The minimum atomic E-state index is -0.497. The van der Waals surface area contributed by atoms with Crippen molar-refractivity contribution in [2.75, 3.05) is 0 Å². The molecule has 1 amide bonds. The highest BCUT2D eigenvalue weighted by molar-refractivity contribution is 6.16. The number of benzene rings is 1. The van der Waals surface area contributed by atoms with E-state index >= 15 is 0 Å². The molecular weight excluding hydrogens is 230 g/mol. The van der Waals surface area contributed by atoms with Crippen LogP contribution in [0.2, 0.25) is 0 Å². The quantitative estimate of drug-likeness (QED) is 0.822. The first kappa shape index (κ1) is 10.6. The lowest BCUT2D eigenvalue weighted by molar-refractivity contribution is 0.100. The summed E-state index contributed by atoms with van der Waals surface area (Å²) in [6.07, 6.45) is 0. The maximum absolute atomic E-state index is 11.0. The van der Waals surface area contributed by atoms with Gasteiger partial charge in [-0.1, -0.05) is 17.3 Å². The molecule has 82 valence electrons. The molecule has 5 nitrogen and oxygen atoms in total. The average Bonchev–Trinajstić information content (AvgIpc) is 2.77. The van der Waals surface area contributed by atoms with Crippen LogP contribution in [0.15, 0.2) is 28.8 Å². The number of primary amides is 1. The third-order valence-electron chi connectivity index (χ3n) is 1.99. The van der Waals surface area contributed by atoms with E-state index in [9.17, 15) is 4.79 Å². The molecule has 0 aliphatic carbocycles. The third-order valence-corrected chi connectivity index (χ3v) is 2.22. The molecule has 16 heavy (non-hydrogen) atoms. The number of hydrogen-bond donors (Lipinski definition) is 1. The first-order valence-corrected chi connectivity index (χ1v) is 5.03. The molecule has 0 atom stereocenters. The van der Waals surface area contributed by atoms with Gasteiger partial charge in [-0.05, 0) is 12.1 Å². The van der Waals surface area contributed by atoms with E-state index in [1.807, 2.05) is 0 Å². The highest BCUT2D eigenvalue weighted by atomic mass is 35.5. The van der Waals surface area contributed by atoms with Gasteiger partial charge in [0, 0.05) is 11.1 Å². The second kappa shape index (κ2) is 4.32. The van der Waals surface area contributed by atoms with Crippen LogP contribution in [-0.4, -0.2) is 16.0 Å². The Labute approximate surface area is 96.2 Å². The molecule has 0 saturated heterocycles. The highest BCUT2D eigenvalue weighted by Gasteiger charge is 2.09. The van der Waals surface area contributed by atoms with Gasteiger partial charge in [0.2, 0.25) is 17.6 Å². The maximum atomic E-state index is 11.0. The fourth-order valence-electron chi connectivity index (χ4n) is 1.24. The standard InChI is InChI=1S/C10H8ClN3O2/c11-5-8-13-10(14-16-8)7-3-1-2-6(4-7)9(12)15/h1-4H,5H2,(H2,12,15). The molecule has 0 bridgehead atoms. The van der Waals surface area contributed by atoms with E-state index in [0.29, 0.717) is 22.8 Å². The van der Waals surface area contributed by atoms with Crippen molar-refractivity contribution in [1.82, 2.24) is 10.1 Å². The van der Waals surface area contributed by atoms with Crippen molar-refractivity contribution in [2.24, 2.45) is 5.73 Å². The topological polar surface area (TPSA) is 82.0 Å². The van der Waals surface area contributed by atoms with Gasteiger partial charge in [-0.3, -0.25) is 4.79 Å². The zero-order valence-corrected chi connectivity index (χ0v) is 8.94. The van der Waals surface area contributed by atoms with Gasteiger partial charge in [0.05, 0.1) is 0 Å². The Balaban J connectivity index is 2.40. The van der Waals surface area contributed by atoms with Crippen LogP contribution in [0.25, 0.3) is 11.4 Å². The molecule has 1 aromatic carbocycles. The Morgan fingerprint density at radius 2 is 2.31 bits per heavy atom. The van der Waals surface area contributed by atoms with Crippen molar-refractivity contribution < 1.29 is 9.32 Å². The van der Waals surface area contributed by atoms with Gasteiger partial charge >= 0.3 is 0 Å². The van der Waals surface area contributed by atoms with Crippen LogP contribution in [0.3, 0.4) is 0 Å². The number of carbonyl (C=O) groups excluding carboxylic acids is 1. The van der Waals surface area contributed by atoms with Gasteiger partial charge in [-0.25, -0.2) is 0 Å². The zero-order chi connectivity index (χ0) is 11.5. The lowest BCUT2D eigenvalue weighted by Crippen LogP contribution is -2.10. The van der Waals surface area contributed by atoms with E-state index in [1.54, 1.807) is 24.3 Å². The van der Waals surface area contributed by atoms with Crippen LogP contribution >= 0.6 is 11.6 Å². The number of carbonyl (C=O) groups is 1. The molecule has 0 aliphatic heterocycles. The summed E-state index contributed by atoms with van der Waals surface area (Å²) < 4.78 is 4.86. The van der Waals surface area contributed by atoms with Crippen molar-refractivity contribution in [2.45, 2.75) is 5.88 Å². The third kappa shape index (κ3) is 2.04. The number of hydrogen-bond acceptors (Lipinski definition) is 4. The Kier molecular flexibility index (Phi) is 2.87. The highest BCUT2D eigenvalue weighted by Crippen LogP contribution is 2.17. The number of halogens is 1. The molecule has 0 saturated carbocycles. The van der Waals surface area contributed by atoms with Crippen LogP contribution in [0.5, 0.6) is 0 Å². The van der Waals surface area contributed by atoms with E-state index in [-0.39, 0.29) is 5.88 Å². The number of rotatable bonds is 3. The number of aromatic nitrogens is 2. The lowest BCUT2D eigenvalue weighted by Gasteiger charge is -1.97. The normalized spacial score (nSPS) is 10.3. The lowest BCUT2D eigenvalue weighted by atomic mass is 10.1. The summed E-state index contributed by atoms with van der Waals surface area (Å²) in [7, 11) is 0. The number of amides is 1. The molecule has 0 unspecified atom stereocenters. The van der Waals surface area contributed by atoms with Crippen LogP contribution in [0.4, 0.5) is 0 Å². The minimum absolute atomic E-state index is 0.155. The molecule has 2 rings (SSSR count). The predicted octanol–water partition coefficient (Wildman–Crippen LogP) is 1.57. The van der Waals surface area contributed by atoms with E-state index in [1.165, 1.54) is 0 Å². The number of alkyl halides is 1. The molecule has 0 aliphatic rings. The van der Waals surface area contributed by atoms with Crippen molar-refractivity contribution in [3.8, 4) is 11.4 Å². The van der Waals surface area contributed by atoms with Gasteiger partial charge in [-0.2, -0.15) is 4.98 Å². The summed E-state index contributed by atoms with van der Waals surface area (Å²) in [4.78, 5) is 15.0. The van der Waals surface area contributed by atoms with Crippen LogP contribution in [0, 0.1) is 0 Å². The molecule has 6 heteroatoms. The monoisotopic (exact) mass is 237 g/mol. The number of nitrogens with two attached hydrogens (primary N) is 1. The van der Waals surface area contributed by atoms with E-state index < -0.39 is 5.91 Å². The summed E-state index contributed by atoms with van der Waals surface area (Å²) in [6, 6.07) is 6.68. The van der Waals surface area contributed by atoms with Crippen LogP contribution in [-0.2, 0) is 5.88 Å². The van der Waals surface area contributed by atoms with Gasteiger partial charge in [0.15, 0.2) is 0 Å². The van der Waals surface area contributed by atoms with Crippen LogP contribution in [0.1, 0.15) is 16.2 Å². The number of nitrogens with zero attached hydrogens (tertiary/aromatic N) is 2. The van der Waals surface area contributed by atoms with Gasteiger partial charge in [0.1, 0.15) is 5.88 Å². The van der Waals surface area contributed by atoms with Crippen molar-refractivity contribution in [3.63, 3.8) is 0 Å². The fraction of sp³-hybridized carbons (Fsp3) is 0.100. The first-order chi connectivity index (χ1) is 7.70. The molecule has 0 spiro atoms. The molecule has 2 aromatic rings. The molecule has 0 radical (unpaired) electrons. The molecular formula is C10H8ClN3O2. The predicted molar refractivity (Wildman–Crippen MR) is 57.8 cm³/mol. The SMILES string of the molecule is NC(=O)c1cccc(-c2noc(CCl)n2)c1. The summed E-state index contributed by atoms with van der Waals surface area (Å²) in [5.41, 5.74) is 6.23. The minimum Gasteiger partial charge on any atom is -0.366 e. The van der Waals surface area contributed by atoms with Crippen molar-refractivity contribution >= 4 is 17.5 Å². The Hall–Kier alpha value is -1.88. The molecule has 1 heterocycles. The van der Waals surface area contributed by atoms with Gasteiger partial charge in [0.25, 0.3) is 0 Å². The average molecular weight is 238 g/mol.